The SMILES string of the molecule is CCc1ccccc1OCc1ccc(OC)c(C(=N)N)c1. The number of hydrogen-bond acceptors (Lipinski definition) is 3. The van der Waals surface area contributed by atoms with Crippen molar-refractivity contribution in [3.63, 3.8) is 0 Å². The zero-order valence-electron chi connectivity index (χ0n) is 12.3. The van der Waals surface area contributed by atoms with Gasteiger partial charge in [0.25, 0.3) is 0 Å². The molecule has 3 N–H and O–H groups in total. The molecule has 0 bridgehead atoms. The average Bonchev–Trinajstić information content (AvgIpc) is 2.52. The minimum Gasteiger partial charge on any atom is -0.496 e. The number of methoxy groups -OCH3 is 1. The Bertz CT molecular complexity index is 638. The second-order valence-corrected chi connectivity index (χ2v) is 4.70. The molecule has 0 atom stereocenters. The Balaban J connectivity index is 2.17. The van der Waals surface area contributed by atoms with E-state index in [1.54, 1.807) is 13.2 Å². The number of amidine groups is 1. The zero-order chi connectivity index (χ0) is 15.2. The molecule has 2 rings (SSSR count). The lowest BCUT2D eigenvalue weighted by Gasteiger charge is -2.12. The predicted molar refractivity (Wildman–Crippen MR) is 84.2 cm³/mol. The van der Waals surface area contributed by atoms with Gasteiger partial charge in [0.05, 0.1) is 12.7 Å². The maximum absolute atomic E-state index is 7.59. The quantitative estimate of drug-likeness (QED) is 0.632. The third kappa shape index (κ3) is 3.54. The van der Waals surface area contributed by atoms with Gasteiger partial charge in [0.15, 0.2) is 0 Å². The van der Waals surface area contributed by atoms with E-state index in [0.717, 1.165) is 17.7 Å². The summed E-state index contributed by atoms with van der Waals surface area (Å²) in [6.07, 6.45) is 0.928. The molecule has 2 aromatic rings. The van der Waals surface area contributed by atoms with Crippen LogP contribution < -0.4 is 15.2 Å². The molecule has 0 unspecified atom stereocenters. The highest BCUT2D eigenvalue weighted by Gasteiger charge is 2.08. The lowest BCUT2D eigenvalue weighted by molar-refractivity contribution is 0.303. The van der Waals surface area contributed by atoms with Crippen LogP contribution in [0.1, 0.15) is 23.6 Å². The molecule has 0 amide bonds. The van der Waals surface area contributed by atoms with Crippen LogP contribution >= 0.6 is 0 Å². The molecule has 110 valence electrons. The van der Waals surface area contributed by atoms with E-state index in [2.05, 4.69) is 13.0 Å². The van der Waals surface area contributed by atoms with Crippen molar-refractivity contribution >= 4 is 5.84 Å². The molecule has 0 aromatic heterocycles. The Labute approximate surface area is 125 Å². The molecule has 0 aliphatic rings. The van der Waals surface area contributed by atoms with Crippen LogP contribution in [0, 0.1) is 5.41 Å². The Morgan fingerprint density at radius 3 is 2.57 bits per heavy atom. The van der Waals surface area contributed by atoms with Gasteiger partial charge in [-0.15, -0.1) is 0 Å². The third-order valence-corrected chi connectivity index (χ3v) is 3.30. The van der Waals surface area contributed by atoms with Crippen molar-refractivity contribution in [1.29, 1.82) is 5.41 Å². The lowest BCUT2D eigenvalue weighted by atomic mass is 10.1. The highest BCUT2D eigenvalue weighted by atomic mass is 16.5. The summed E-state index contributed by atoms with van der Waals surface area (Å²) in [6.45, 7) is 2.53. The van der Waals surface area contributed by atoms with Crippen molar-refractivity contribution in [3.8, 4) is 11.5 Å². The van der Waals surface area contributed by atoms with Gasteiger partial charge in [-0.1, -0.05) is 31.2 Å². The number of hydrogen-bond donors (Lipinski definition) is 2. The smallest absolute Gasteiger partial charge is 0.129 e. The van der Waals surface area contributed by atoms with Crippen LogP contribution in [0.4, 0.5) is 0 Å². The largest absolute Gasteiger partial charge is 0.496 e. The fraction of sp³-hybridized carbons (Fsp3) is 0.235. The molecule has 0 fully saturated rings. The van der Waals surface area contributed by atoms with Crippen molar-refractivity contribution in [2.45, 2.75) is 20.0 Å². The summed E-state index contributed by atoms with van der Waals surface area (Å²) in [4.78, 5) is 0. The highest BCUT2D eigenvalue weighted by molar-refractivity contribution is 5.97. The number of nitrogens with one attached hydrogen (secondary N) is 1. The summed E-state index contributed by atoms with van der Waals surface area (Å²) in [6, 6.07) is 13.5. The first-order chi connectivity index (χ1) is 10.2. The molecule has 0 saturated heterocycles. The van der Waals surface area contributed by atoms with Crippen molar-refractivity contribution < 1.29 is 9.47 Å². The van der Waals surface area contributed by atoms with Gasteiger partial charge in [0, 0.05) is 0 Å². The summed E-state index contributed by atoms with van der Waals surface area (Å²) in [5.41, 5.74) is 8.29. The molecule has 21 heavy (non-hydrogen) atoms. The van der Waals surface area contributed by atoms with Crippen molar-refractivity contribution in [2.24, 2.45) is 5.73 Å². The molecule has 0 aliphatic carbocycles. The Kier molecular flexibility index (Phi) is 4.82. The van der Waals surface area contributed by atoms with E-state index in [1.165, 1.54) is 5.56 Å². The number of aryl methyl sites for hydroxylation is 1. The van der Waals surface area contributed by atoms with Crippen LogP contribution in [0.2, 0.25) is 0 Å². The number of benzene rings is 2. The van der Waals surface area contributed by atoms with Gasteiger partial charge in [0.1, 0.15) is 23.9 Å². The number of ether oxygens (including phenoxy) is 2. The standard InChI is InChI=1S/C17H20N2O2/c1-3-13-6-4-5-7-15(13)21-11-12-8-9-16(20-2)14(10-12)17(18)19/h4-10H,3,11H2,1-2H3,(H3,18,19). The van der Waals surface area contributed by atoms with E-state index in [4.69, 9.17) is 20.6 Å². The molecule has 0 saturated carbocycles. The van der Waals surface area contributed by atoms with E-state index in [0.29, 0.717) is 17.9 Å². The molecule has 2 aromatic carbocycles. The number of nitrogens with two attached hydrogens (primary N) is 1. The van der Waals surface area contributed by atoms with E-state index in [-0.39, 0.29) is 5.84 Å². The number of para-hydroxylation sites is 1. The van der Waals surface area contributed by atoms with Crippen LogP contribution in [0.15, 0.2) is 42.5 Å². The Morgan fingerprint density at radius 1 is 1.14 bits per heavy atom. The van der Waals surface area contributed by atoms with Crippen molar-refractivity contribution in [2.75, 3.05) is 7.11 Å². The molecular formula is C17H20N2O2. The summed E-state index contributed by atoms with van der Waals surface area (Å²) < 4.78 is 11.1. The maximum Gasteiger partial charge on any atom is 0.129 e. The summed E-state index contributed by atoms with van der Waals surface area (Å²) in [5, 5.41) is 7.59. The Morgan fingerprint density at radius 2 is 1.90 bits per heavy atom. The van der Waals surface area contributed by atoms with Gasteiger partial charge in [0.2, 0.25) is 0 Å². The molecule has 0 aliphatic heterocycles. The van der Waals surface area contributed by atoms with E-state index >= 15 is 0 Å². The van der Waals surface area contributed by atoms with Gasteiger partial charge in [-0.2, -0.15) is 0 Å². The third-order valence-electron chi connectivity index (χ3n) is 3.30. The second-order valence-electron chi connectivity index (χ2n) is 4.70. The van der Waals surface area contributed by atoms with Gasteiger partial charge < -0.3 is 15.2 Å². The fourth-order valence-electron chi connectivity index (χ4n) is 2.15. The van der Waals surface area contributed by atoms with E-state index in [9.17, 15) is 0 Å². The summed E-state index contributed by atoms with van der Waals surface area (Å²) >= 11 is 0. The normalized spacial score (nSPS) is 10.2. The van der Waals surface area contributed by atoms with Gasteiger partial charge >= 0.3 is 0 Å². The molecule has 4 heteroatoms. The molecule has 4 nitrogen and oxygen atoms in total. The first-order valence-electron chi connectivity index (χ1n) is 6.87. The van der Waals surface area contributed by atoms with Crippen LogP contribution in [-0.4, -0.2) is 12.9 Å². The second kappa shape index (κ2) is 6.79. The first kappa shape index (κ1) is 14.9. The topological polar surface area (TPSA) is 68.3 Å². The lowest BCUT2D eigenvalue weighted by Crippen LogP contribution is -2.13. The zero-order valence-corrected chi connectivity index (χ0v) is 12.3. The van der Waals surface area contributed by atoms with E-state index < -0.39 is 0 Å². The highest BCUT2D eigenvalue weighted by Crippen LogP contribution is 2.22. The van der Waals surface area contributed by atoms with Gasteiger partial charge in [-0.05, 0) is 35.7 Å². The molecule has 0 heterocycles. The predicted octanol–water partition coefficient (Wildman–Crippen LogP) is 3.12. The Hall–Kier alpha value is -2.49. The van der Waals surface area contributed by atoms with Crippen LogP contribution in [0.25, 0.3) is 0 Å². The number of rotatable bonds is 6. The van der Waals surface area contributed by atoms with Gasteiger partial charge in [-0.3, -0.25) is 5.41 Å². The van der Waals surface area contributed by atoms with E-state index in [1.807, 2.05) is 30.3 Å². The fourth-order valence-corrected chi connectivity index (χ4v) is 2.15. The minimum atomic E-state index is -0.0114. The van der Waals surface area contributed by atoms with Crippen molar-refractivity contribution in [3.05, 3.63) is 59.2 Å². The van der Waals surface area contributed by atoms with Crippen molar-refractivity contribution in [1.82, 2.24) is 0 Å². The maximum atomic E-state index is 7.59. The molecule has 0 radical (unpaired) electrons. The van der Waals surface area contributed by atoms with Crippen LogP contribution in [0.5, 0.6) is 11.5 Å². The minimum absolute atomic E-state index is 0.0114. The van der Waals surface area contributed by atoms with Gasteiger partial charge in [-0.25, -0.2) is 0 Å². The van der Waals surface area contributed by atoms with Crippen LogP contribution in [-0.2, 0) is 13.0 Å². The average molecular weight is 284 g/mol. The summed E-state index contributed by atoms with van der Waals surface area (Å²) in [7, 11) is 1.56. The monoisotopic (exact) mass is 284 g/mol. The summed E-state index contributed by atoms with van der Waals surface area (Å²) in [5.74, 6) is 1.48. The first-order valence-corrected chi connectivity index (χ1v) is 6.87. The number of nitrogen functional groups attached to an aromatic ring is 1. The molecular weight excluding hydrogens is 264 g/mol. The van der Waals surface area contributed by atoms with Crippen LogP contribution in [0.3, 0.4) is 0 Å². The molecule has 0 spiro atoms.